The first-order chi connectivity index (χ1) is 17.4. The zero-order chi connectivity index (χ0) is 27.0. The van der Waals surface area contributed by atoms with Gasteiger partial charge < -0.3 is 10.2 Å². The first kappa shape index (κ1) is 26.9. The number of aldehydes is 1. The van der Waals surface area contributed by atoms with E-state index in [1.54, 1.807) is 13.0 Å². The molecule has 2 aliphatic rings. The van der Waals surface area contributed by atoms with Crippen LogP contribution < -0.4 is 5.32 Å². The lowest BCUT2D eigenvalue weighted by atomic mass is 9.73. The average Bonchev–Trinajstić information content (AvgIpc) is 3.21. The van der Waals surface area contributed by atoms with Gasteiger partial charge in [0.05, 0.1) is 18.2 Å². The molecule has 2 saturated heterocycles. The molecule has 3 aromatic rings. The molecule has 200 valence electrons. The van der Waals surface area contributed by atoms with E-state index in [1.165, 1.54) is 33.8 Å². The molecular weight excluding hydrogens is 502 g/mol. The molecule has 1 spiro atoms. The van der Waals surface area contributed by atoms with E-state index in [2.05, 4.69) is 20.2 Å². The van der Waals surface area contributed by atoms with Gasteiger partial charge in [-0.2, -0.15) is 13.2 Å². The molecule has 1 aromatic carbocycles. The largest absolute Gasteiger partial charge is 0.401 e. The molecule has 13 heteroatoms. The molecule has 1 atom stereocenters. The number of nitrogens with one attached hydrogen (secondary N) is 1. The smallest absolute Gasteiger partial charge is 0.349 e. The van der Waals surface area contributed by atoms with Gasteiger partial charge in [0.2, 0.25) is 5.95 Å². The van der Waals surface area contributed by atoms with Gasteiger partial charge in [-0.05, 0) is 20.0 Å². The van der Waals surface area contributed by atoms with Crippen LogP contribution in [-0.2, 0) is 0 Å². The number of carbonyl (C=O) groups excluding carboxylic acids is 1. The van der Waals surface area contributed by atoms with Gasteiger partial charge >= 0.3 is 6.18 Å². The molecule has 4 heterocycles. The Hall–Kier alpha value is -3.19. The van der Waals surface area contributed by atoms with E-state index in [1.807, 2.05) is 7.05 Å². The van der Waals surface area contributed by atoms with Gasteiger partial charge in [-0.15, -0.1) is 0 Å². The minimum atomic E-state index is -4.03. The van der Waals surface area contributed by atoms with Crippen LogP contribution in [0.4, 0.5) is 32.3 Å². The highest BCUT2D eigenvalue weighted by molar-refractivity contribution is 5.73. The molecular formula is C24H26F6N6O. The fraction of sp³-hybridized carbons (Fsp3) is 0.458. The zero-order valence-electron chi connectivity index (χ0n) is 20.1. The van der Waals surface area contributed by atoms with Crippen LogP contribution in [0.25, 0.3) is 5.65 Å². The second kappa shape index (κ2) is 10.3. The fourth-order valence-electron chi connectivity index (χ4n) is 5.01. The van der Waals surface area contributed by atoms with Crippen molar-refractivity contribution in [3.05, 3.63) is 59.3 Å². The number of rotatable bonds is 6. The summed E-state index contributed by atoms with van der Waals surface area (Å²) in [5, 5.41) is 2.96. The Morgan fingerprint density at radius 2 is 1.81 bits per heavy atom. The number of likely N-dealkylation sites (tertiary alicyclic amines) is 2. The normalized spacial score (nSPS) is 18.2. The van der Waals surface area contributed by atoms with Crippen LogP contribution in [0.3, 0.4) is 0 Å². The topological polar surface area (TPSA) is 65.8 Å². The number of hydrogen-bond donors (Lipinski definition) is 1. The van der Waals surface area contributed by atoms with Crippen molar-refractivity contribution >= 4 is 17.9 Å². The maximum Gasteiger partial charge on any atom is 0.401 e. The molecule has 0 radical (unpaired) electrons. The van der Waals surface area contributed by atoms with Crippen molar-refractivity contribution in [3.63, 3.8) is 0 Å². The Morgan fingerprint density at radius 3 is 2.41 bits per heavy atom. The molecule has 0 saturated carbocycles. The van der Waals surface area contributed by atoms with Gasteiger partial charge in [0, 0.05) is 49.6 Å². The summed E-state index contributed by atoms with van der Waals surface area (Å²) in [4.78, 5) is 22.7. The highest BCUT2D eigenvalue weighted by Crippen LogP contribution is 2.39. The summed E-state index contributed by atoms with van der Waals surface area (Å²) in [6.07, 6.45) is -3.35. The molecule has 2 aromatic heterocycles. The Labute approximate surface area is 209 Å². The van der Waals surface area contributed by atoms with E-state index >= 15 is 0 Å². The second-order valence-electron chi connectivity index (χ2n) is 9.63. The summed E-state index contributed by atoms with van der Waals surface area (Å²) in [6, 6.07) is 4.86. The van der Waals surface area contributed by atoms with Gasteiger partial charge in [-0.3, -0.25) is 14.1 Å². The monoisotopic (exact) mass is 528 g/mol. The molecule has 1 N–H and O–H groups in total. The molecule has 0 unspecified atom stereocenters. The van der Waals surface area contributed by atoms with Crippen molar-refractivity contribution < 1.29 is 31.1 Å². The third-order valence-electron chi connectivity index (χ3n) is 6.36. The molecule has 0 amide bonds. The van der Waals surface area contributed by atoms with Gasteiger partial charge in [0.15, 0.2) is 6.29 Å². The first-order valence-corrected chi connectivity index (χ1v) is 11.5. The van der Waals surface area contributed by atoms with Crippen molar-refractivity contribution in [1.29, 1.82) is 0 Å². The van der Waals surface area contributed by atoms with Crippen LogP contribution in [0.15, 0.2) is 36.7 Å². The van der Waals surface area contributed by atoms with E-state index in [0.29, 0.717) is 31.0 Å². The van der Waals surface area contributed by atoms with Crippen molar-refractivity contribution in [3.8, 4) is 0 Å². The number of anilines is 1. The second-order valence-corrected chi connectivity index (χ2v) is 9.63. The lowest BCUT2D eigenvalue weighted by Gasteiger charge is -2.59. The molecule has 0 aliphatic carbocycles. The average molecular weight is 529 g/mol. The van der Waals surface area contributed by atoms with E-state index in [4.69, 9.17) is 0 Å². The Bertz CT molecular complexity index is 1250. The number of carbonyl (C=O) groups is 1. The SMILES string of the molecule is CN1CC2(C1)CN(CC(F)(F)F)C2.C[C@@H](Nc1nccc2nc(C=O)cn12)c1cccc(C(F)F)c1F. The number of fused-ring (bicyclic) bond motifs is 1. The molecule has 7 nitrogen and oxygen atoms in total. The van der Waals surface area contributed by atoms with Gasteiger partial charge in [0.1, 0.15) is 17.2 Å². The third-order valence-corrected chi connectivity index (χ3v) is 6.36. The van der Waals surface area contributed by atoms with Crippen molar-refractivity contribution in [2.24, 2.45) is 5.41 Å². The zero-order valence-corrected chi connectivity index (χ0v) is 20.1. The summed E-state index contributed by atoms with van der Waals surface area (Å²) in [7, 11) is 2.00. The van der Waals surface area contributed by atoms with E-state index in [9.17, 15) is 31.1 Å². The predicted octanol–water partition coefficient (Wildman–Crippen LogP) is 4.59. The number of alkyl halides is 5. The molecule has 2 fully saturated rings. The van der Waals surface area contributed by atoms with Crippen molar-refractivity contribution in [2.45, 2.75) is 25.6 Å². The van der Waals surface area contributed by atoms with Crippen LogP contribution in [0, 0.1) is 11.2 Å². The highest BCUT2D eigenvalue weighted by atomic mass is 19.4. The highest BCUT2D eigenvalue weighted by Gasteiger charge is 2.52. The number of halogens is 6. The maximum absolute atomic E-state index is 14.2. The molecule has 5 rings (SSSR count). The van der Waals surface area contributed by atoms with E-state index in [-0.39, 0.29) is 16.7 Å². The minimum Gasteiger partial charge on any atom is -0.349 e. The van der Waals surface area contributed by atoms with Crippen LogP contribution in [-0.4, -0.2) is 76.4 Å². The Morgan fingerprint density at radius 1 is 1.14 bits per heavy atom. The number of benzene rings is 1. The maximum atomic E-state index is 14.2. The molecule has 37 heavy (non-hydrogen) atoms. The van der Waals surface area contributed by atoms with E-state index in [0.717, 1.165) is 19.2 Å². The summed E-state index contributed by atoms with van der Waals surface area (Å²) in [6.45, 7) is 4.06. The Kier molecular flexibility index (Phi) is 7.47. The van der Waals surface area contributed by atoms with Crippen molar-refractivity contribution in [2.75, 3.05) is 45.1 Å². The van der Waals surface area contributed by atoms with Crippen molar-refractivity contribution in [1.82, 2.24) is 24.2 Å². The van der Waals surface area contributed by atoms with Gasteiger partial charge in [0.25, 0.3) is 6.43 Å². The predicted molar refractivity (Wildman–Crippen MR) is 124 cm³/mol. The summed E-state index contributed by atoms with van der Waals surface area (Å²) in [5.74, 6) is -0.624. The number of nitrogens with zero attached hydrogens (tertiary/aromatic N) is 5. The summed E-state index contributed by atoms with van der Waals surface area (Å²) < 4.78 is 77.2. The summed E-state index contributed by atoms with van der Waals surface area (Å²) >= 11 is 0. The lowest BCUT2D eigenvalue weighted by molar-refractivity contribution is -0.187. The van der Waals surface area contributed by atoms with Crippen LogP contribution >= 0.6 is 0 Å². The van der Waals surface area contributed by atoms with E-state index < -0.39 is 36.6 Å². The number of hydrogen-bond acceptors (Lipinski definition) is 6. The minimum absolute atomic E-state index is 0.0994. The first-order valence-electron chi connectivity index (χ1n) is 11.5. The number of imidazole rings is 1. The fourth-order valence-corrected chi connectivity index (χ4v) is 5.01. The van der Waals surface area contributed by atoms with Gasteiger partial charge in [-0.25, -0.2) is 23.1 Å². The standard InChI is InChI=1S/C16H13F3N4O.C8H13F3N2/c1-9(11-3-2-4-12(14(11)17)15(18)19)21-16-20-6-5-13-22-10(8-24)7-23(13)16;1-12-2-7(3-12)4-13(5-7)6-8(9,10)11/h2-9,15H,1H3,(H,20,21);2-6H2,1H3/t9-;/m1./s1. The molecule has 0 bridgehead atoms. The van der Waals surface area contributed by atoms with Crippen LogP contribution in [0.1, 0.15) is 41.0 Å². The van der Waals surface area contributed by atoms with Crippen LogP contribution in [0.5, 0.6) is 0 Å². The third kappa shape index (κ3) is 6.04. The molecule has 2 aliphatic heterocycles. The quantitative estimate of drug-likeness (QED) is 0.373. The van der Waals surface area contributed by atoms with Crippen LogP contribution in [0.2, 0.25) is 0 Å². The lowest BCUT2D eigenvalue weighted by Crippen LogP contribution is -2.71. The number of aromatic nitrogens is 3. The Balaban J connectivity index is 0.000000207. The van der Waals surface area contributed by atoms with Gasteiger partial charge in [-0.1, -0.05) is 18.2 Å². The summed E-state index contributed by atoms with van der Waals surface area (Å²) in [5.41, 5.74) is 0.383.